The smallest absolute Gasteiger partial charge is 0.248 e. The lowest BCUT2D eigenvalue weighted by Crippen LogP contribution is -2.43. The summed E-state index contributed by atoms with van der Waals surface area (Å²) >= 11 is 1.55. The molecular weight excluding hydrogens is 847 g/mol. The molecule has 0 aromatic carbocycles. The van der Waals surface area contributed by atoms with E-state index < -0.39 is 6.04 Å². The zero-order chi connectivity index (χ0) is 48.1. The number of hydrogen-bond acceptors (Lipinski definition) is 6. The molecule has 0 saturated carbocycles. The van der Waals surface area contributed by atoms with E-state index in [1.807, 2.05) is 0 Å². The minimum Gasteiger partial charge on any atom is -0.356 e. The number of hydrogen-bond donors (Lipinski definition) is 4. The van der Waals surface area contributed by atoms with Crippen molar-refractivity contribution in [3.8, 4) is 0 Å². The Kier molecular flexibility index (Phi) is 37.0. The number of thiazole rings is 1. The first-order valence-electron chi connectivity index (χ1n) is 25.7. The number of anilines is 1. The van der Waals surface area contributed by atoms with E-state index in [-0.39, 0.29) is 17.7 Å². The first kappa shape index (κ1) is 58.3. The standard InChI is InChI=1S/C58H87N5O3S/c1-4-7-9-11-13-15-17-19-21-23-24-26-27-29-31-33-35-37-39-44-55(64)60-49-42-41-43-53(57(66)63-58-62-52-47-46-51(59-48-6-3)50-54(52)67-58)61-56(65)45-40-38-36-34-32-30-28-25-22-20-18-16-14-12-10-8-5-2/h7-10,13-16,19-22,24,26,28-31,34-37,51,53,59H,4-6,11-12,17-18,23,25,27,32-33,38-50H2,1-3H3,(H,60,64)(H,61,65)(H,62,63,66). The summed E-state index contributed by atoms with van der Waals surface area (Å²) in [6.07, 6.45) is 67.4. The number of carbonyl (C=O) groups is 3. The third-order valence-electron chi connectivity index (χ3n) is 10.8. The van der Waals surface area contributed by atoms with E-state index in [1.165, 1.54) is 4.88 Å². The van der Waals surface area contributed by atoms with E-state index in [4.69, 9.17) is 4.98 Å². The van der Waals surface area contributed by atoms with Crippen molar-refractivity contribution in [3.63, 3.8) is 0 Å². The molecule has 0 spiro atoms. The molecule has 0 aliphatic heterocycles. The highest BCUT2D eigenvalue weighted by atomic mass is 32.1. The number of amides is 3. The Labute approximate surface area is 410 Å². The maximum Gasteiger partial charge on any atom is 0.248 e. The van der Waals surface area contributed by atoms with Crippen molar-refractivity contribution < 1.29 is 14.4 Å². The Morgan fingerprint density at radius 3 is 1.58 bits per heavy atom. The molecule has 2 rings (SSSR count). The Hall–Kier alpha value is -4.86. The molecule has 2 atom stereocenters. The molecule has 0 bridgehead atoms. The van der Waals surface area contributed by atoms with Gasteiger partial charge in [0.1, 0.15) is 6.04 Å². The van der Waals surface area contributed by atoms with Gasteiger partial charge in [-0.2, -0.15) is 0 Å². The quantitative estimate of drug-likeness (QED) is 0.0390. The fourth-order valence-electron chi connectivity index (χ4n) is 7.07. The van der Waals surface area contributed by atoms with Crippen molar-refractivity contribution in [3.05, 3.63) is 144 Å². The lowest BCUT2D eigenvalue weighted by molar-refractivity contribution is -0.126. The van der Waals surface area contributed by atoms with Gasteiger partial charge in [-0.15, -0.1) is 11.3 Å². The molecule has 0 saturated heterocycles. The highest BCUT2D eigenvalue weighted by Gasteiger charge is 2.25. The molecule has 8 nitrogen and oxygen atoms in total. The van der Waals surface area contributed by atoms with Crippen molar-refractivity contribution in [2.75, 3.05) is 18.4 Å². The monoisotopic (exact) mass is 934 g/mol. The van der Waals surface area contributed by atoms with Crippen LogP contribution in [0.3, 0.4) is 0 Å². The van der Waals surface area contributed by atoms with Gasteiger partial charge in [0.05, 0.1) is 5.69 Å². The minimum absolute atomic E-state index is 0.0227. The van der Waals surface area contributed by atoms with Crippen molar-refractivity contribution in [2.45, 2.75) is 181 Å². The molecular formula is C58H87N5O3S. The van der Waals surface area contributed by atoms with E-state index >= 15 is 0 Å². The molecule has 368 valence electrons. The molecule has 1 aliphatic carbocycles. The summed E-state index contributed by atoms with van der Waals surface area (Å²) in [7, 11) is 0. The van der Waals surface area contributed by atoms with Crippen LogP contribution in [0.1, 0.15) is 166 Å². The number of fused-ring (bicyclic) bond motifs is 1. The Balaban J connectivity index is 1.71. The molecule has 9 heteroatoms. The van der Waals surface area contributed by atoms with Crippen LogP contribution in [0.4, 0.5) is 5.13 Å². The van der Waals surface area contributed by atoms with Gasteiger partial charge in [-0.05, 0) is 141 Å². The predicted octanol–water partition coefficient (Wildman–Crippen LogP) is 14.1. The Morgan fingerprint density at radius 1 is 0.582 bits per heavy atom. The van der Waals surface area contributed by atoms with Gasteiger partial charge < -0.3 is 21.3 Å². The average molecular weight is 934 g/mol. The van der Waals surface area contributed by atoms with Crippen LogP contribution in [0.2, 0.25) is 0 Å². The molecule has 0 radical (unpaired) electrons. The van der Waals surface area contributed by atoms with Gasteiger partial charge in [-0.3, -0.25) is 14.4 Å². The van der Waals surface area contributed by atoms with E-state index in [9.17, 15) is 14.4 Å². The molecule has 1 aliphatic rings. The van der Waals surface area contributed by atoms with Gasteiger partial charge >= 0.3 is 0 Å². The number of unbranched alkanes of at least 4 members (excludes halogenated alkanes) is 2. The number of nitrogens with one attached hydrogen (secondary N) is 4. The second kappa shape index (κ2) is 42.5. The van der Waals surface area contributed by atoms with Gasteiger partial charge in [0.15, 0.2) is 5.13 Å². The number of allylic oxidation sites excluding steroid dienone is 22. The molecule has 1 heterocycles. The predicted molar refractivity (Wildman–Crippen MR) is 289 cm³/mol. The van der Waals surface area contributed by atoms with E-state index in [0.29, 0.717) is 62.7 Å². The van der Waals surface area contributed by atoms with Crippen molar-refractivity contribution in [1.82, 2.24) is 20.9 Å². The lowest BCUT2D eigenvalue weighted by atomic mass is 9.98. The first-order valence-corrected chi connectivity index (χ1v) is 26.5. The number of aromatic nitrogens is 1. The zero-order valence-corrected chi connectivity index (χ0v) is 42.4. The van der Waals surface area contributed by atoms with Gasteiger partial charge in [-0.25, -0.2) is 4.98 Å². The number of nitrogens with zero attached hydrogens (tertiary/aromatic N) is 1. The fraction of sp³-hybridized carbons (Fsp3) is 0.517. The zero-order valence-electron chi connectivity index (χ0n) is 41.6. The summed E-state index contributed by atoms with van der Waals surface area (Å²) in [5, 5.41) is 13.3. The van der Waals surface area contributed by atoms with Crippen molar-refractivity contribution in [2.24, 2.45) is 0 Å². The largest absolute Gasteiger partial charge is 0.356 e. The number of carbonyl (C=O) groups excluding carboxylic acids is 3. The maximum atomic E-state index is 13.6. The molecule has 0 fully saturated rings. The third-order valence-corrected chi connectivity index (χ3v) is 11.8. The van der Waals surface area contributed by atoms with Crippen molar-refractivity contribution in [1.29, 1.82) is 0 Å². The van der Waals surface area contributed by atoms with Gasteiger partial charge in [0, 0.05) is 30.3 Å². The van der Waals surface area contributed by atoms with Crippen LogP contribution in [0.5, 0.6) is 0 Å². The highest BCUT2D eigenvalue weighted by Crippen LogP contribution is 2.30. The molecule has 2 unspecified atom stereocenters. The van der Waals surface area contributed by atoms with Crippen LogP contribution in [0, 0.1) is 0 Å². The highest BCUT2D eigenvalue weighted by molar-refractivity contribution is 7.15. The van der Waals surface area contributed by atoms with E-state index in [1.54, 1.807) is 11.3 Å². The SMILES string of the molecule is CCC=CCC=CCC=CCC=CCC=CCC=CCCC(=O)NCCCCC(NC(=O)CCCC=CCC=CCC=CCC=CCC=CCC)C(=O)Nc1nc2c(s1)CC(NCCC)CC2. The summed E-state index contributed by atoms with van der Waals surface area (Å²) in [4.78, 5) is 45.2. The Morgan fingerprint density at radius 2 is 1.07 bits per heavy atom. The summed E-state index contributed by atoms with van der Waals surface area (Å²) in [5.41, 5.74) is 1.07. The first-order chi connectivity index (χ1) is 33.0. The van der Waals surface area contributed by atoms with Crippen LogP contribution in [-0.2, 0) is 27.2 Å². The molecule has 1 aromatic rings. The van der Waals surface area contributed by atoms with Crippen LogP contribution in [0.15, 0.2) is 134 Å². The van der Waals surface area contributed by atoms with Crippen LogP contribution < -0.4 is 21.3 Å². The summed E-state index contributed by atoms with van der Waals surface area (Å²) < 4.78 is 0. The summed E-state index contributed by atoms with van der Waals surface area (Å²) in [6, 6.07) is -0.236. The number of aryl methyl sites for hydroxylation is 1. The Bertz CT molecular complexity index is 1810. The maximum absolute atomic E-state index is 13.6. The molecule has 4 N–H and O–H groups in total. The second-order valence-corrected chi connectivity index (χ2v) is 17.9. The van der Waals surface area contributed by atoms with E-state index in [2.05, 4.69) is 176 Å². The average Bonchev–Trinajstić information content (AvgIpc) is 3.73. The van der Waals surface area contributed by atoms with Crippen LogP contribution in [0.25, 0.3) is 0 Å². The van der Waals surface area contributed by atoms with Crippen LogP contribution in [-0.4, -0.2) is 47.9 Å². The number of rotatable bonds is 38. The fourth-order valence-corrected chi connectivity index (χ4v) is 8.16. The van der Waals surface area contributed by atoms with Gasteiger partial charge in [0.25, 0.3) is 0 Å². The summed E-state index contributed by atoms with van der Waals surface area (Å²) in [6.45, 7) is 8.01. The second-order valence-electron chi connectivity index (χ2n) is 16.8. The minimum atomic E-state index is -0.676. The molecule has 3 amide bonds. The lowest BCUT2D eigenvalue weighted by Gasteiger charge is -2.21. The van der Waals surface area contributed by atoms with Crippen molar-refractivity contribution >= 4 is 34.2 Å². The summed E-state index contributed by atoms with van der Waals surface area (Å²) in [5.74, 6) is -0.341. The normalized spacial score (nSPS) is 15.3. The van der Waals surface area contributed by atoms with Crippen LogP contribution >= 0.6 is 11.3 Å². The molecule has 1 aromatic heterocycles. The molecule has 67 heavy (non-hydrogen) atoms. The van der Waals surface area contributed by atoms with E-state index in [0.717, 1.165) is 115 Å². The topological polar surface area (TPSA) is 112 Å². The van der Waals surface area contributed by atoms with Gasteiger partial charge in [0.2, 0.25) is 17.7 Å². The van der Waals surface area contributed by atoms with Gasteiger partial charge in [-0.1, -0.05) is 154 Å². The third kappa shape index (κ3) is 33.3.